The Morgan fingerprint density at radius 2 is 2.19 bits per heavy atom. The predicted molar refractivity (Wildman–Crippen MR) is 94.1 cm³/mol. The van der Waals surface area contributed by atoms with Gasteiger partial charge >= 0.3 is 0 Å². The minimum atomic E-state index is -0.231. The Bertz CT molecular complexity index is 893. The summed E-state index contributed by atoms with van der Waals surface area (Å²) in [6.07, 6.45) is 1.88. The van der Waals surface area contributed by atoms with E-state index in [0.29, 0.717) is 35.5 Å². The van der Waals surface area contributed by atoms with Crippen LogP contribution in [0, 0.1) is 0 Å². The number of nitrogens with one attached hydrogen (secondary N) is 2. The van der Waals surface area contributed by atoms with Crippen LogP contribution in [-0.4, -0.2) is 45.4 Å². The molecule has 0 radical (unpaired) electrons. The fraction of sp³-hybridized carbons (Fsp3) is 0.353. The lowest BCUT2D eigenvalue weighted by Gasteiger charge is -2.18. The van der Waals surface area contributed by atoms with Crippen LogP contribution in [-0.2, 0) is 11.2 Å². The van der Waals surface area contributed by atoms with Gasteiger partial charge in [0.05, 0.1) is 20.3 Å². The van der Waals surface area contributed by atoms with Gasteiger partial charge in [-0.25, -0.2) is 4.98 Å². The number of rotatable bonds is 8. The lowest BCUT2D eigenvalue weighted by molar-refractivity contribution is -0.121. The molecule has 142 valence electrons. The van der Waals surface area contributed by atoms with Gasteiger partial charge in [0.1, 0.15) is 17.8 Å². The van der Waals surface area contributed by atoms with E-state index >= 15 is 0 Å². The number of carbonyl (C=O) groups is 1. The van der Waals surface area contributed by atoms with E-state index in [0.717, 1.165) is 5.56 Å². The predicted octanol–water partition coefficient (Wildman–Crippen LogP) is 1.68. The molecule has 0 aliphatic carbocycles. The van der Waals surface area contributed by atoms with Crippen molar-refractivity contribution in [2.75, 3.05) is 14.2 Å². The first kappa shape index (κ1) is 18.4. The molecular formula is C17H20N6O4. The highest BCUT2D eigenvalue weighted by atomic mass is 16.5. The van der Waals surface area contributed by atoms with Crippen molar-refractivity contribution in [3.63, 3.8) is 0 Å². The topological polar surface area (TPSA) is 128 Å². The molecule has 2 N–H and O–H groups in total. The highest BCUT2D eigenvalue weighted by Crippen LogP contribution is 2.29. The van der Waals surface area contributed by atoms with E-state index < -0.39 is 0 Å². The molecule has 3 rings (SSSR count). The zero-order valence-electron chi connectivity index (χ0n) is 15.2. The van der Waals surface area contributed by atoms with Crippen LogP contribution in [0.15, 0.2) is 29.0 Å². The maximum atomic E-state index is 12.3. The molecule has 3 aromatic rings. The largest absolute Gasteiger partial charge is 0.497 e. The van der Waals surface area contributed by atoms with E-state index in [1.165, 1.54) is 6.33 Å². The van der Waals surface area contributed by atoms with Crippen LogP contribution >= 0.6 is 0 Å². The van der Waals surface area contributed by atoms with Crippen molar-refractivity contribution >= 4 is 5.91 Å². The minimum Gasteiger partial charge on any atom is -0.497 e. The van der Waals surface area contributed by atoms with Gasteiger partial charge in [-0.05, 0) is 19.1 Å². The van der Waals surface area contributed by atoms with Gasteiger partial charge in [-0.15, -0.1) is 0 Å². The fourth-order valence-corrected chi connectivity index (χ4v) is 2.55. The maximum absolute atomic E-state index is 12.3. The summed E-state index contributed by atoms with van der Waals surface area (Å²) in [5, 5.41) is 13.1. The molecule has 1 atom stereocenters. The molecule has 2 aromatic heterocycles. The molecule has 2 heterocycles. The van der Waals surface area contributed by atoms with Crippen molar-refractivity contribution in [2.45, 2.75) is 25.8 Å². The van der Waals surface area contributed by atoms with Crippen LogP contribution in [0.3, 0.4) is 0 Å². The van der Waals surface area contributed by atoms with Gasteiger partial charge in [-0.2, -0.15) is 10.1 Å². The number of methoxy groups -OCH3 is 2. The number of benzene rings is 1. The number of amides is 1. The normalized spacial score (nSPS) is 11.8. The molecule has 1 amide bonds. The third-order valence-electron chi connectivity index (χ3n) is 3.95. The zero-order valence-corrected chi connectivity index (χ0v) is 15.2. The molecule has 0 fully saturated rings. The number of H-pyrrole nitrogens is 1. The lowest BCUT2D eigenvalue weighted by Crippen LogP contribution is -2.27. The van der Waals surface area contributed by atoms with E-state index in [9.17, 15) is 4.79 Å². The van der Waals surface area contributed by atoms with Crippen molar-refractivity contribution < 1.29 is 18.8 Å². The van der Waals surface area contributed by atoms with Crippen molar-refractivity contribution in [1.29, 1.82) is 0 Å². The molecule has 1 aromatic carbocycles. The van der Waals surface area contributed by atoms with Gasteiger partial charge in [0.25, 0.3) is 0 Å². The number of nitrogens with zero attached hydrogens (tertiary/aromatic N) is 4. The molecule has 0 aliphatic rings. The van der Waals surface area contributed by atoms with Crippen molar-refractivity contribution in [1.82, 2.24) is 30.6 Å². The summed E-state index contributed by atoms with van der Waals surface area (Å²) in [5.41, 5.74) is 0.858. The lowest BCUT2D eigenvalue weighted by atomic mass is 10.1. The maximum Gasteiger partial charge on any atom is 0.239 e. The first-order chi connectivity index (χ1) is 13.1. The summed E-state index contributed by atoms with van der Waals surface area (Å²) >= 11 is 0. The second-order valence-corrected chi connectivity index (χ2v) is 5.74. The number of aromatic nitrogens is 5. The smallest absolute Gasteiger partial charge is 0.239 e. The minimum absolute atomic E-state index is 0.139. The average molecular weight is 372 g/mol. The molecule has 0 aliphatic heterocycles. The van der Waals surface area contributed by atoms with E-state index in [1.807, 2.05) is 19.1 Å². The van der Waals surface area contributed by atoms with Gasteiger partial charge in [0.2, 0.25) is 17.6 Å². The van der Waals surface area contributed by atoms with Crippen LogP contribution in [0.4, 0.5) is 0 Å². The summed E-state index contributed by atoms with van der Waals surface area (Å²) in [6, 6.07) is 5.24. The fourth-order valence-electron chi connectivity index (χ4n) is 2.55. The van der Waals surface area contributed by atoms with Gasteiger partial charge in [0, 0.05) is 24.5 Å². The second kappa shape index (κ2) is 8.30. The number of aromatic amines is 1. The van der Waals surface area contributed by atoms with Crippen molar-refractivity contribution in [3.05, 3.63) is 36.0 Å². The van der Waals surface area contributed by atoms with Crippen LogP contribution in [0.5, 0.6) is 11.5 Å². The van der Waals surface area contributed by atoms with E-state index in [-0.39, 0.29) is 18.4 Å². The van der Waals surface area contributed by atoms with Gasteiger partial charge < -0.3 is 19.3 Å². The molecule has 0 spiro atoms. The first-order valence-electron chi connectivity index (χ1n) is 8.30. The number of hydrogen-bond donors (Lipinski definition) is 2. The van der Waals surface area contributed by atoms with Crippen LogP contribution in [0.25, 0.3) is 11.6 Å². The number of ether oxygens (including phenoxy) is 2. The van der Waals surface area contributed by atoms with Crippen LogP contribution in [0.1, 0.15) is 30.8 Å². The SMILES string of the molecule is COc1ccc(C(C)NC(=O)CCc2nc(-c3ncn[nH]3)no2)c(OC)c1. The second-order valence-electron chi connectivity index (χ2n) is 5.74. The van der Waals surface area contributed by atoms with Crippen molar-refractivity contribution in [3.8, 4) is 23.1 Å². The third kappa shape index (κ3) is 4.40. The Labute approximate surface area is 155 Å². The Hall–Kier alpha value is -3.43. The number of aryl methyl sites for hydroxylation is 1. The Morgan fingerprint density at radius 1 is 1.33 bits per heavy atom. The summed E-state index contributed by atoms with van der Waals surface area (Å²) in [4.78, 5) is 20.4. The quantitative estimate of drug-likeness (QED) is 0.611. The molecule has 10 heteroatoms. The average Bonchev–Trinajstić information content (AvgIpc) is 3.37. The third-order valence-corrected chi connectivity index (χ3v) is 3.95. The Balaban J connectivity index is 1.56. The Kier molecular flexibility index (Phi) is 5.64. The summed E-state index contributed by atoms with van der Waals surface area (Å²) in [5.74, 6) is 2.27. The summed E-state index contributed by atoms with van der Waals surface area (Å²) in [7, 11) is 3.17. The van der Waals surface area contributed by atoms with Crippen LogP contribution in [0.2, 0.25) is 0 Å². The van der Waals surface area contributed by atoms with Crippen LogP contribution < -0.4 is 14.8 Å². The first-order valence-corrected chi connectivity index (χ1v) is 8.30. The highest BCUT2D eigenvalue weighted by molar-refractivity contribution is 5.76. The Morgan fingerprint density at radius 3 is 2.89 bits per heavy atom. The molecule has 0 saturated heterocycles. The standard InChI is InChI=1S/C17H20N6O4/c1-10(12-5-4-11(25-2)8-13(12)26-3)20-14(24)6-7-15-21-17(23-27-15)16-18-9-19-22-16/h4-5,8-10H,6-7H2,1-3H3,(H,20,24)(H,18,19,22). The van der Waals surface area contributed by atoms with Gasteiger partial charge in [-0.3, -0.25) is 9.89 Å². The molecule has 10 nitrogen and oxygen atoms in total. The molecule has 1 unspecified atom stereocenters. The van der Waals surface area contributed by atoms with Crippen molar-refractivity contribution in [2.24, 2.45) is 0 Å². The number of carbonyl (C=O) groups excluding carboxylic acids is 1. The summed E-state index contributed by atoms with van der Waals surface area (Å²) < 4.78 is 15.7. The highest BCUT2D eigenvalue weighted by Gasteiger charge is 2.16. The molecule has 0 saturated carbocycles. The van der Waals surface area contributed by atoms with E-state index in [1.54, 1.807) is 20.3 Å². The summed E-state index contributed by atoms with van der Waals surface area (Å²) in [6.45, 7) is 1.89. The molecule has 27 heavy (non-hydrogen) atoms. The number of hydrogen-bond acceptors (Lipinski definition) is 8. The zero-order chi connectivity index (χ0) is 19.2. The van der Waals surface area contributed by atoms with Gasteiger partial charge in [0.15, 0.2) is 5.82 Å². The van der Waals surface area contributed by atoms with E-state index in [2.05, 4.69) is 30.6 Å². The monoisotopic (exact) mass is 372 g/mol. The van der Waals surface area contributed by atoms with Gasteiger partial charge in [-0.1, -0.05) is 5.16 Å². The van der Waals surface area contributed by atoms with E-state index in [4.69, 9.17) is 14.0 Å². The molecule has 0 bridgehead atoms. The molecular weight excluding hydrogens is 352 g/mol.